The molecule has 0 heterocycles. The first-order valence-corrected chi connectivity index (χ1v) is 14.3. The van der Waals surface area contributed by atoms with Gasteiger partial charge in [0.15, 0.2) is 0 Å². The summed E-state index contributed by atoms with van der Waals surface area (Å²) in [5, 5.41) is 17.7. The maximum absolute atomic E-state index is 12.4. The number of hydrogen-bond donors (Lipinski definition) is 4. The molecular formula is C32H40ClN7O2. The number of anilines is 1. The largest absolute Gasteiger partial charge is 0.400 e. The lowest BCUT2D eigenvalue weighted by Gasteiger charge is -2.31. The van der Waals surface area contributed by atoms with Crippen molar-refractivity contribution in [3.63, 3.8) is 0 Å². The molecule has 1 saturated carbocycles. The number of benzene rings is 3. The van der Waals surface area contributed by atoms with Gasteiger partial charge in [-0.3, -0.25) is 4.79 Å². The summed E-state index contributed by atoms with van der Waals surface area (Å²) < 4.78 is 0. The van der Waals surface area contributed by atoms with Gasteiger partial charge in [0.25, 0.3) is 5.91 Å². The molecule has 0 radical (unpaired) electrons. The van der Waals surface area contributed by atoms with Crippen LogP contribution >= 0.6 is 11.6 Å². The summed E-state index contributed by atoms with van der Waals surface area (Å²) in [4.78, 5) is 18.2. The Morgan fingerprint density at radius 2 is 1.64 bits per heavy atom. The van der Waals surface area contributed by atoms with Crippen molar-refractivity contribution in [2.45, 2.75) is 57.5 Å². The third-order valence-corrected chi connectivity index (χ3v) is 7.53. The summed E-state index contributed by atoms with van der Waals surface area (Å²) in [6, 6.07) is 23.9. The Morgan fingerprint density at radius 1 is 1.02 bits per heavy atom. The molecule has 0 spiro atoms. The van der Waals surface area contributed by atoms with E-state index in [1.54, 1.807) is 12.1 Å². The molecule has 0 aliphatic heterocycles. The van der Waals surface area contributed by atoms with Gasteiger partial charge in [0.1, 0.15) is 0 Å². The first-order chi connectivity index (χ1) is 20.3. The number of aliphatic imine (C=N–C) groups is 1. The highest BCUT2D eigenvalue weighted by molar-refractivity contribution is 6.30. The van der Waals surface area contributed by atoms with Crippen molar-refractivity contribution in [2.24, 2.45) is 26.9 Å². The number of aliphatic hydroxyl groups excluding tert-OH is 1. The van der Waals surface area contributed by atoms with Gasteiger partial charge in [-0.1, -0.05) is 84.2 Å². The van der Waals surface area contributed by atoms with E-state index in [9.17, 15) is 4.79 Å². The van der Waals surface area contributed by atoms with Gasteiger partial charge in [-0.2, -0.15) is 4.99 Å². The van der Waals surface area contributed by atoms with Crippen molar-refractivity contribution in [2.75, 3.05) is 12.0 Å². The molecule has 3 aromatic rings. The maximum Gasteiger partial charge on any atom is 0.280 e. The summed E-state index contributed by atoms with van der Waals surface area (Å²) in [6.45, 7) is 7.03. The Hall–Kier alpha value is -4.21. The normalized spacial score (nSPS) is 14.5. The molecule has 0 bridgehead atoms. The van der Waals surface area contributed by atoms with E-state index in [-0.39, 0.29) is 12.0 Å². The highest BCUT2D eigenvalue weighted by atomic mass is 35.5. The molecule has 1 amide bonds. The zero-order chi connectivity index (χ0) is 30.5. The Balaban J connectivity index is 0.00000237. The molecule has 1 fully saturated rings. The number of amides is 1. The topological polar surface area (TPSA) is 142 Å². The highest BCUT2D eigenvalue weighted by Gasteiger charge is 2.18. The molecule has 42 heavy (non-hydrogen) atoms. The van der Waals surface area contributed by atoms with Gasteiger partial charge in [-0.15, -0.1) is 0 Å². The van der Waals surface area contributed by atoms with Crippen molar-refractivity contribution in [3.8, 4) is 0 Å². The molecule has 6 N–H and O–H groups in total. The van der Waals surface area contributed by atoms with Gasteiger partial charge < -0.3 is 26.9 Å². The van der Waals surface area contributed by atoms with Gasteiger partial charge in [0.05, 0.1) is 5.82 Å². The molecule has 9 nitrogen and oxygen atoms in total. The first kappa shape index (κ1) is 32.3. The van der Waals surface area contributed by atoms with E-state index >= 15 is 0 Å². The third-order valence-electron chi connectivity index (χ3n) is 7.28. The minimum absolute atomic E-state index is 0.0164. The second-order valence-electron chi connectivity index (χ2n) is 10.1. The zero-order valence-corrected chi connectivity index (χ0v) is 25.0. The lowest BCUT2D eigenvalue weighted by molar-refractivity contribution is 0.100. The molecule has 1 aliphatic carbocycles. The molecular weight excluding hydrogens is 550 g/mol. The zero-order valence-electron chi connectivity index (χ0n) is 24.2. The van der Waals surface area contributed by atoms with E-state index in [0.717, 1.165) is 29.7 Å². The van der Waals surface area contributed by atoms with Crippen molar-refractivity contribution in [1.82, 2.24) is 5.32 Å². The van der Waals surface area contributed by atoms with E-state index < -0.39 is 5.91 Å². The molecule has 1 unspecified atom stereocenters. The second kappa shape index (κ2) is 16.3. The average Bonchev–Trinajstić information content (AvgIpc) is 3.02. The van der Waals surface area contributed by atoms with E-state index in [4.69, 9.17) is 28.3 Å². The van der Waals surface area contributed by atoms with Gasteiger partial charge in [0.2, 0.25) is 5.96 Å². The summed E-state index contributed by atoms with van der Waals surface area (Å²) in [5.74, 6) is 5.54. The highest BCUT2D eigenvalue weighted by Crippen LogP contribution is 2.34. The number of rotatable bonds is 9. The quantitative estimate of drug-likeness (QED) is 0.0727. The first-order valence-electron chi connectivity index (χ1n) is 14.0. The van der Waals surface area contributed by atoms with Crippen molar-refractivity contribution in [3.05, 3.63) is 112 Å². The number of nitrogens with two attached hydrogens (primary N) is 2. The summed E-state index contributed by atoms with van der Waals surface area (Å²) in [6.07, 6.45) is 6.45. The molecule has 0 aromatic heterocycles. The molecule has 222 valence electrons. The second-order valence-corrected chi connectivity index (χ2v) is 10.5. The van der Waals surface area contributed by atoms with E-state index in [1.807, 2.05) is 36.4 Å². The van der Waals surface area contributed by atoms with Crippen LogP contribution in [0.2, 0.25) is 5.02 Å². The van der Waals surface area contributed by atoms with Crippen LogP contribution in [0.25, 0.3) is 0 Å². The monoisotopic (exact) mass is 589 g/mol. The number of aliphatic hydroxyl groups is 1. The van der Waals surface area contributed by atoms with Crippen LogP contribution in [-0.2, 0) is 6.54 Å². The van der Waals surface area contributed by atoms with Crippen LogP contribution in [0, 0.1) is 0 Å². The van der Waals surface area contributed by atoms with Crippen molar-refractivity contribution >= 4 is 29.2 Å². The Kier molecular flexibility index (Phi) is 12.5. The van der Waals surface area contributed by atoms with Crippen LogP contribution in [0.3, 0.4) is 0 Å². The Bertz CT molecular complexity index is 1350. The van der Waals surface area contributed by atoms with Crippen molar-refractivity contribution in [1.29, 1.82) is 0 Å². The fourth-order valence-corrected chi connectivity index (χ4v) is 5.18. The number of guanidine groups is 1. The van der Waals surface area contributed by atoms with Crippen LogP contribution in [-0.4, -0.2) is 24.1 Å². The number of carbonyl (C=O) groups is 1. The van der Waals surface area contributed by atoms with E-state index in [2.05, 4.69) is 63.3 Å². The SMILES string of the molecule is C=C(NC(C)c1ccc(Cl)cc1)N(Cc1ccc(C(=O)N=C(N)/N=N\N)cc1)c1ccc(C2CCCCC2)cc1.CO. The molecule has 3 aromatic carbocycles. The fourth-order valence-electron chi connectivity index (χ4n) is 5.05. The summed E-state index contributed by atoms with van der Waals surface area (Å²) in [7, 11) is 1.00. The van der Waals surface area contributed by atoms with Gasteiger partial charge >= 0.3 is 0 Å². The summed E-state index contributed by atoms with van der Waals surface area (Å²) in [5.41, 5.74) is 10.4. The molecule has 4 rings (SSSR count). The van der Waals surface area contributed by atoms with Crippen LogP contribution in [0.15, 0.2) is 101 Å². The van der Waals surface area contributed by atoms with Crippen LogP contribution in [0.5, 0.6) is 0 Å². The lowest BCUT2D eigenvalue weighted by Crippen LogP contribution is -2.32. The number of carbonyl (C=O) groups excluding carboxylic acids is 1. The Morgan fingerprint density at radius 3 is 2.24 bits per heavy atom. The lowest BCUT2D eigenvalue weighted by atomic mass is 9.84. The van der Waals surface area contributed by atoms with Crippen LogP contribution in [0.4, 0.5) is 5.69 Å². The molecule has 0 saturated heterocycles. The van der Waals surface area contributed by atoms with E-state index in [0.29, 0.717) is 23.0 Å². The van der Waals surface area contributed by atoms with Crippen LogP contribution < -0.4 is 21.8 Å². The van der Waals surface area contributed by atoms with Gasteiger partial charge in [-0.25, -0.2) is 0 Å². The number of hydrogen-bond acceptors (Lipinski definition) is 5. The predicted octanol–water partition coefficient (Wildman–Crippen LogP) is 6.61. The summed E-state index contributed by atoms with van der Waals surface area (Å²) >= 11 is 6.09. The van der Waals surface area contributed by atoms with Gasteiger partial charge in [0, 0.05) is 36.0 Å². The van der Waals surface area contributed by atoms with Crippen molar-refractivity contribution < 1.29 is 9.90 Å². The standard InChI is InChI=1S/C31H36ClN7O.CH4O/c1-21(24-12-16-28(32)17-13-24)35-22(2)39(29-18-14-26(15-19-29)25-6-4-3-5-7-25)20-23-8-10-27(11-9-23)30(40)36-31(33)37-38-34;1-2/h8-19,21,25,35H,2-7,20H2,1H3,(H4,33,34,36,37,40);2H,1H3. The fraction of sp³-hybridized carbons (Fsp3) is 0.312. The third kappa shape index (κ3) is 9.15. The Labute approximate surface area is 253 Å². The maximum atomic E-state index is 12.4. The van der Waals surface area contributed by atoms with E-state index in [1.165, 1.54) is 37.7 Å². The van der Waals surface area contributed by atoms with Crippen LogP contribution in [0.1, 0.15) is 78.0 Å². The molecule has 1 aliphatic rings. The average molecular weight is 590 g/mol. The number of halogens is 1. The predicted molar refractivity (Wildman–Crippen MR) is 170 cm³/mol. The molecule has 1 atom stereocenters. The minimum Gasteiger partial charge on any atom is -0.400 e. The smallest absolute Gasteiger partial charge is 0.280 e. The minimum atomic E-state index is -0.519. The van der Waals surface area contributed by atoms with Gasteiger partial charge in [-0.05, 0) is 78.8 Å². The number of nitrogens with one attached hydrogen (secondary N) is 1. The number of nitrogens with zero attached hydrogens (tertiary/aromatic N) is 4. The molecule has 10 heteroatoms.